The van der Waals surface area contributed by atoms with E-state index in [4.69, 9.17) is 7.85 Å². The second-order valence-corrected chi connectivity index (χ2v) is 3.25. The maximum atomic E-state index is 12.9. The number of nitrogens with zero attached hydrogens (tertiary/aromatic N) is 1. The third-order valence-corrected chi connectivity index (χ3v) is 2.09. The van der Waals surface area contributed by atoms with Crippen LogP contribution in [-0.4, -0.2) is 20.1 Å². The van der Waals surface area contributed by atoms with Crippen molar-refractivity contribution in [1.82, 2.24) is 0 Å². The summed E-state index contributed by atoms with van der Waals surface area (Å²) in [7, 11) is 5.73. The maximum absolute atomic E-state index is 12.9. The number of hydrogen-bond acceptors (Lipinski definition) is 1. The molecule has 72 valence electrons. The van der Waals surface area contributed by atoms with E-state index in [1.54, 1.807) is 0 Å². The molecule has 0 N–H and O–H groups in total. The van der Waals surface area contributed by atoms with Crippen LogP contribution in [0.4, 0.5) is 4.39 Å². The van der Waals surface area contributed by atoms with E-state index in [9.17, 15) is 4.39 Å². The van der Waals surface area contributed by atoms with Gasteiger partial charge in [-0.2, -0.15) is 0 Å². The lowest BCUT2D eigenvalue weighted by atomic mass is 9.86. The van der Waals surface area contributed by atoms with Gasteiger partial charge in [0.1, 0.15) is 13.7 Å². The molecule has 1 aromatic rings. The maximum Gasteiger partial charge on any atom is 0.122 e. The molecule has 14 heavy (non-hydrogen) atoms. The van der Waals surface area contributed by atoms with Gasteiger partial charge in [0.25, 0.3) is 0 Å². The molecule has 0 saturated heterocycles. The van der Waals surface area contributed by atoms with Crippen molar-refractivity contribution in [2.24, 2.45) is 4.99 Å². The van der Waals surface area contributed by atoms with Gasteiger partial charge in [0, 0.05) is 12.3 Å². The van der Waals surface area contributed by atoms with E-state index in [1.807, 2.05) is 20.8 Å². The van der Waals surface area contributed by atoms with Crippen molar-refractivity contribution >= 4 is 19.0 Å². The van der Waals surface area contributed by atoms with Gasteiger partial charge < -0.3 is 0 Å². The van der Waals surface area contributed by atoms with Crippen molar-refractivity contribution in [3.63, 3.8) is 0 Å². The Labute approximate surface area is 85.5 Å². The Kier molecular flexibility index (Phi) is 3.45. The summed E-state index contributed by atoms with van der Waals surface area (Å²) in [6.07, 6.45) is 0. The predicted octanol–water partition coefficient (Wildman–Crippen LogP) is 1.76. The van der Waals surface area contributed by atoms with Crippen LogP contribution in [0.2, 0.25) is 0 Å². The lowest BCUT2D eigenvalue weighted by molar-refractivity contribution is 0.627. The van der Waals surface area contributed by atoms with Gasteiger partial charge in [-0.1, -0.05) is 5.46 Å². The molecule has 0 heterocycles. The molecule has 0 aromatic heterocycles. The zero-order chi connectivity index (χ0) is 10.7. The van der Waals surface area contributed by atoms with Crippen LogP contribution in [0.25, 0.3) is 0 Å². The first-order valence-corrected chi connectivity index (χ1v) is 4.63. The molecule has 1 nitrogen and oxygen atoms in total. The summed E-state index contributed by atoms with van der Waals surface area (Å²) in [5, 5.41) is 0. The van der Waals surface area contributed by atoms with Gasteiger partial charge in [-0.05, 0) is 44.0 Å². The topological polar surface area (TPSA) is 12.4 Å². The van der Waals surface area contributed by atoms with Crippen LogP contribution in [0.15, 0.2) is 17.1 Å². The van der Waals surface area contributed by atoms with Gasteiger partial charge in [-0.3, -0.25) is 4.99 Å². The molecule has 0 amide bonds. The number of hydrogen-bond donors (Lipinski definition) is 0. The molecule has 0 unspecified atom stereocenters. The SMILES string of the molecule is [B]c1cc(F)cc(C)c1C(C)=NCC. The van der Waals surface area contributed by atoms with Crippen molar-refractivity contribution in [2.75, 3.05) is 6.54 Å². The molecular weight excluding hydrogens is 176 g/mol. The quantitative estimate of drug-likeness (QED) is 0.496. The van der Waals surface area contributed by atoms with Crippen molar-refractivity contribution in [3.05, 3.63) is 29.1 Å². The van der Waals surface area contributed by atoms with E-state index in [-0.39, 0.29) is 5.82 Å². The summed E-state index contributed by atoms with van der Waals surface area (Å²) in [6, 6.07) is 2.80. The van der Waals surface area contributed by atoms with Crippen LogP contribution in [0.1, 0.15) is 25.0 Å². The van der Waals surface area contributed by atoms with Crippen molar-refractivity contribution in [2.45, 2.75) is 20.8 Å². The van der Waals surface area contributed by atoms with Crippen LogP contribution in [0.3, 0.4) is 0 Å². The molecule has 0 saturated carbocycles. The van der Waals surface area contributed by atoms with Crippen LogP contribution in [-0.2, 0) is 0 Å². The van der Waals surface area contributed by atoms with Crippen LogP contribution >= 0.6 is 0 Å². The number of benzene rings is 1. The molecule has 1 aromatic carbocycles. The molecule has 0 bridgehead atoms. The zero-order valence-corrected chi connectivity index (χ0v) is 8.76. The molecule has 0 aliphatic rings. The number of halogens is 1. The van der Waals surface area contributed by atoms with Gasteiger partial charge in [-0.15, -0.1) is 0 Å². The molecule has 0 atom stereocenters. The Hall–Kier alpha value is -1.12. The molecule has 0 aliphatic carbocycles. The van der Waals surface area contributed by atoms with Crippen LogP contribution in [0.5, 0.6) is 0 Å². The molecular formula is C11H13BFN. The summed E-state index contributed by atoms with van der Waals surface area (Å²) in [5.41, 5.74) is 3.00. The summed E-state index contributed by atoms with van der Waals surface area (Å²) in [5.74, 6) is -0.298. The molecule has 2 radical (unpaired) electrons. The molecule has 0 aliphatic heterocycles. The number of rotatable bonds is 2. The summed E-state index contributed by atoms with van der Waals surface area (Å²) in [6.45, 7) is 6.39. The van der Waals surface area contributed by atoms with Gasteiger partial charge >= 0.3 is 0 Å². The lowest BCUT2D eigenvalue weighted by Gasteiger charge is -2.09. The smallest absolute Gasteiger partial charge is 0.122 e. The number of aliphatic imine (C=N–C) groups is 1. The minimum atomic E-state index is -0.298. The second-order valence-electron chi connectivity index (χ2n) is 3.25. The summed E-state index contributed by atoms with van der Waals surface area (Å²) >= 11 is 0. The van der Waals surface area contributed by atoms with E-state index >= 15 is 0 Å². The lowest BCUT2D eigenvalue weighted by Crippen LogP contribution is -2.17. The van der Waals surface area contributed by atoms with Crippen molar-refractivity contribution < 1.29 is 4.39 Å². The third-order valence-electron chi connectivity index (χ3n) is 2.09. The average Bonchev–Trinajstić information content (AvgIpc) is 2.01. The largest absolute Gasteiger partial charge is 0.290 e. The average molecular weight is 189 g/mol. The normalized spacial score (nSPS) is 11.9. The fraction of sp³-hybridized carbons (Fsp3) is 0.364. The third kappa shape index (κ3) is 2.22. The van der Waals surface area contributed by atoms with Gasteiger partial charge in [0.15, 0.2) is 0 Å². The van der Waals surface area contributed by atoms with E-state index < -0.39 is 0 Å². The zero-order valence-electron chi connectivity index (χ0n) is 8.76. The monoisotopic (exact) mass is 189 g/mol. The van der Waals surface area contributed by atoms with Crippen LogP contribution < -0.4 is 5.46 Å². The highest BCUT2D eigenvalue weighted by atomic mass is 19.1. The highest BCUT2D eigenvalue weighted by Crippen LogP contribution is 2.08. The molecule has 0 fully saturated rings. The Bertz CT molecular complexity index is 349. The first kappa shape index (κ1) is 11.0. The first-order valence-electron chi connectivity index (χ1n) is 4.63. The van der Waals surface area contributed by atoms with E-state index in [1.165, 1.54) is 12.1 Å². The minimum absolute atomic E-state index is 0.298. The summed E-state index contributed by atoms with van der Waals surface area (Å²) in [4.78, 5) is 4.26. The molecule has 1 rings (SSSR count). The Morgan fingerprint density at radius 3 is 2.64 bits per heavy atom. The van der Waals surface area contributed by atoms with Gasteiger partial charge in [0.05, 0.1) is 0 Å². The number of aryl methyl sites for hydroxylation is 1. The van der Waals surface area contributed by atoms with E-state index in [2.05, 4.69) is 4.99 Å². The fourth-order valence-corrected chi connectivity index (χ4v) is 1.58. The first-order chi connectivity index (χ1) is 6.56. The van der Waals surface area contributed by atoms with Gasteiger partial charge in [0.2, 0.25) is 0 Å². The standard InChI is InChI=1S/C11H13BFN/c1-4-14-8(3)11-7(2)5-9(13)6-10(11)12/h5-6H,4H2,1-3H3. The fourth-order valence-electron chi connectivity index (χ4n) is 1.58. The van der Waals surface area contributed by atoms with Gasteiger partial charge in [-0.25, -0.2) is 4.39 Å². The molecule has 3 heteroatoms. The van der Waals surface area contributed by atoms with Crippen LogP contribution in [0, 0.1) is 12.7 Å². The predicted molar refractivity (Wildman–Crippen MR) is 59.3 cm³/mol. The van der Waals surface area contributed by atoms with Crippen molar-refractivity contribution in [3.8, 4) is 0 Å². The Balaban J connectivity index is 3.27. The highest BCUT2D eigenvalue weighted by molar-refractivity contribution is 6.37. The second kappa shape index (κ2) is 4.40. The van der Waals surface area contributed by atoms with E-state index in [0.29, 0.717) is 12.0 Å². The van der Waals surface area contributed by atoms with Crippen molar-refractivity contribution in [1.29, 1.82) is 0 Å². The van der Waals surface area contributed by atoms with E-state index in [0.717, 1.165) is 16.8 Å². The highest BCUT2D eigenvalue weighted by Gasteiger charge is 2.06. The Morgan fingerprint density at radius 2 is 2.14 bits per heavy atom. The summed E-state index contributed by atoms with van der Waals surface area (Å²) < 4.78 is 12.9. The minimum Gasteiger partial charge on any atom is -0.290 e. The Morgan fingerprint density at radius 1 is 1.50 bits per heavy atom. The molecule has 0 spiro atoms.